The number of halogens is 1. The van der Waals surface area contributed by atoms with Crippen molar-refractivity contribution in [2.45, 2.75) is 45.4 Å². The Morgan fingerprint density at radius 2 is 2.12 bits per heavy atom. The minimum Gasteiger partial charge on any atom is -0.389 e. The van der Waals surface area contributed by atoms with Crippen molar-refractivity contribution in [3.63, 3.8) is 0 Å². The van der Waals surface area contributed by atoms with Gasteiger partial charge in [-0.2, -0.15) is 0 Å². The van der Waals surface area contributed by atoms with Crippen LogP contribution in [-0.2, 0) is 4.74 Å². The molecule has 0 radical (unpaired) electrons. The molecule has 0 bridgehead atoms. The molecule has 1 aliphatic rings. The Kier molecular flexibility index (Phi) is 6.63. The van der Waals surface area contributed by atoms with Crippen molar-refractivity contribution >= 4 is 22.8 Å². The molecular weight excluding hydrogens is 441 g/mol. The van der Waals surface area contributed by atoms with Gasteiger partial charge in [0, 0.05) is 36.2 Å². The number of carbonyl (C=O) groups is 1. The van der Waals surface area contributed by atoms with Crippen molar-refractivity contribution in [2.24, 2.45) is 0 Å². The van der Waals surface area contributed by atoms with Gasteiger partial charge >= 0.3 is 0 Å². The molecule has 1 aliphatic heterocycles. The lowest BCUT2D eigenvalue weighted by atomic mass is 10.0. The number of rotatable bonds is 5. The van der Waals surface area contributed by atoms with Gasteiger partial charge in [0.05, 0.1) is 30.5 Å². The maximum absolute atomic E-state index is 14.8. The van der Waals surface area contributed by atoms with E-state index < -0.39 is 11.9 Å². The predicted octanol–water partition coefficient (Wildman–Crippen LogP) is 2.41. The number of benzene rings is 1. The van der Waals surface area contributed by atoms with Crippen LogP contribution in [0.4, 0.5) is 10.3 Å². The summed E-state index contributed by atoms with van der Waals surface area (Å²) in [4.78, 5) is 34.0. The van der Waals surface area contributed by atoms with E-state index >= 15 is 0 Å². The van der Waals surface area contributed by atoms with Crippen molar-refractivity contribution < 1.29 is 19.0 Å². The standard InChI is InChI=1S/C24H28FN5O4/c1-12(2)30-18-9-14(5-6-15(18)22(32)13(3)21(30)23(33)26-4)20-16(25)10-27-24(29-20)28-17-7-8-34-11-19(17)31/h5-6,9-10,12,17,19,31H,7-8,11H2,1-4H3,(H,26,33)(H,27,28,29)/t17-,19-/m1/s1. The van der Waals surface area contributed by atoms with Crippen LogP contribution >= 0.6 is 0 Å². The molecule has 1 saturated heterocycles. The average Bonchev–Trinajstić information content (AvgIpc) is 2.82. The van der Waals surface area contributed by atoms with Crippen molar-refractivity contribution in [2.75, 3.05) is 25.6 Å². The predicted molar refractivity (Wildman–Crippen MR) is 127 cm³/mol. The van der Waals surface area contributed by atoms with E-state index in [1.807, 2.05) is 13.8 Å². The largest absolute Gasteiger partial charge is 0.389 e. The molecule has 10 heteroatoms. The lowest BCUT2D eigenvalue weighted by Gasteiger charge is -2.28. The molecule has 34 heavy (non-hydrogen) atoms. The number of aliphatic hydroxyl groups excluding tert-OH is 1. The van der Waals surface area contributed by atoms with Gasteiger partial charge in [0.25, 0.3) is 5.91 Å². The number of nitrogens with one attached hydrogen (secondary N) is 2. The van der Waals surface area contributed by atoms with Gasteiger partial charge in [0.1, 0.15) is 11.4 Å². The number of fused-ring (bicyclic) bond motifs is 1. The van der Waals surface area contributed by atoms with Gasteiger partial charge < -0.3 is 25.0 Å². The molecule has 3 aromatic rings. The van der Waals surface area contributed by atoms with Gasteiger partial charge in [-0.05, 0) is 39.3 Å². The Hall–Kier alpha value is -3.37. The van der Waals surface area contributed by atoms with Crippen molar-refractivity contribution in [1.82, 2.24) is 19.9 Å². The number of ether oxygens (including phenoxy) is 1. The third-order valence-corrected chi connectivity index (χ3v) is 6.06. The first-order valence-electron chi connectivity index (χ1n) is 11.2. The second kappa shape index (κ2) is 9.47. The molecule has 0 saturated carbocycles. The highest BCUT2D eigenvalue weighted by Gasteiger charge is 2.25. The maximum atomic E-state index is 14.8. The molecular formula is C24H28FN5O4. The maximum Gasteiger partial charge on any atom is 0.268 e. The monoisotopic (exact) mass is 469 g/mol. The van der Waals surface area contributed by atoms with E-state index in [1.54, 1.807) is 29.7 Å². The molecule has 4 rings (SSSR count). The van der Waals surface area contributed by atoms with Gasteiger partial charge in [-0.25, -0.2) is 14.4 Å². The van der Waals surface area contributed by atoms with E-state index in [1.165, 1.54) is 7.05 Å². The fourth-order valence-corrected chi connectivity index (χ4v) is 4.31. The molecule has 0 spiro atoms. The van der Waals surface area contributed by atoms with E-state index in [0.29, 0.717) is 35.1 Å². The van der Waals surface area contributed by atoms with Gasteiger partial charge in [-0.15, -0.1) is 0 Å². The van der Waals surface area contributed by atoms with Gasteiger partial charge in [0.15, 0.2) is 11.2 Å². The van der Waals surface area contributed by atoms with Crippen LogP contribution in [0.5, 0.6) is 0 Å². The zero-order chi connectivity index (χ0) is 24.6. The minimum atomic E-state index is -0.724. The van der Waals surface area contributed by atoms with Crippen LogP contribution in [0.1, 0.15) is 42.4 Å². The summed E-state index contributed by atoms with van der Waals surface area (Å²) in [6.07, 6.45) is 0.912. The summed E-state index contributed by atoms with van der Waals surface area (Å²) in [5, 5.41) is 16.2. The van der Waals surface area contributed by atoms with Gasteiger partial charge in [-0.3, -0.25) is 9.59 Å². The van der Waals surface area contributed by atoms with Crippen LogP contribution in [0, 0.1) is 12.7 Å². The van der Waals surface area contributed by atoms with Gasteiger partial charge in [0.2, 0.25) is 5.95 Å². The summed E-state index contributed by atoms with van der Waals surface area (Å²) < 4.78 is 21.8. The average molecular weight is 470 g/mol. The highest BCUT2D eigenvalue weighted by Crippen LogP contribution is 2.28. The smallest absolute Gasteiger partial charge is 0.268 e. The lowest BCUT2D eigenvalue weighted by molar-refractivity contribution is -0.0136. The first kappa shape index (κ1) is 23.8. The number of carbonyl (C=O) groups excluding carboxylic acids is 1. The summed E-state index contributed by atoms with van der Waals surface area (Å²) >= 11 is 0. The number of amides is 1. The molecule has 1 aromatic carbocycles. The first-order chi connectivity index (χ1) is 16.2. The highest BCUT2D eigenvalue weighted by atomic mass is 19.1. The summed E-state index contributed by atoms with van der Waals surface area (Å²) in [5.41, 5.74) is 1.36. The Morgan fingerprint density at radius 3 is 2.79 bits per heavy atom. The van der Waals surface area contributed by atoms with Crippen LogP contribution in [0.25, 0.3) is 22.2 Å². The molecule has 2 aromatic heterocycles. The minimum absolute atomic E-state index is 0.0470. The third-order valence-electron chi connectivity index (χ3n) is 6.06. The van der Waals surface area contributed by atoms with E-state index in [4.69, 9.17) is 4.74 Å². The topological polar surface area (TPSA) is 118 Å². The van der Waals surface area contributed by atoms with E-state index in [9.17, 15) is 19.1 Å². The van der Waals surface area contributed by atoms with Crippen molar-refractivity contribution in [3.05, 3.63) is 51.7 Å². The third kappa shape index (κ3) is 4.26. The van der Waals surface area contributed by atoms with Crippen LogP contribution in [0.2, 0.25) is 0 Å². The van der Waals surface area contributed by atoms with Crippen molar-refractivity contribution in [1.29, 1.82) is 0 Å². The highest BCUT2D eigenvalue weighted by molar-refractivity contribution is 5.97. The molecule has 0 aliphatic carbocycles. The van der Waals surface area contributed by atoms with Crippen molar-refractivity contribution in [3.8, 4) is 11.3 Å². The Balaban J connectivity index is 1.86. The summed E-state index contributed by atoms with van der Waals surface area (Å²) in [5.74, 6) is -0.821. The fourth-order valence-electron chi connectivity index (χ4n) is 4.31. The van der Waals surface area contributed by atoms with E-state index in [-0.39, 0.29) is 47.4 Å². The van der Waals surface area contributed by atoms with E-state index in [2.05, 4.69) is 20.6 Å². The summed E-state index contributed by atoms with van der Waals surface area (Å²) in [6.45, 7) is 6.15. The number of hydrogen-bond donors (Lipinski definition) is 3. The van der Waals surface area contributed by atoms with Crippen LogP contribution in [0.15, 0.2) is 29.2 Å². The molecule has 9 nitrogen and oxygen atoms in total. The van der Waals surface area contributed by atoms with E-state index in [0.717, 1.165) is 6.20 Å². The zero-order valence-corrected chi connectivity index (χ0v) is 19.6. The molecule has 1 fully saturated rings. The number of pyridine rings is 1. The Bertz CT molecular complexity index is 1310. The van der Waals surface area contributed by atoms with Crippen LogP contribution < -0.4 is 16.1 Å². The molecule has 3 N–H and O–H groups in total. The Morgan fingerprint density at radius 1 is 1.35 bits per heavy atom. The summed E-state index contributed by atoms with van der Waals surface area (Å²) in [6, 6.07) is 4.47. The first-order valence-corrected chi connectivity index (χ1v) is 11.2. The molecule has 2 atom stereocenters. The second-order valence-corrected chi connectivity index (χ2v) is 8.65. The SMILES string of the molecule is CNC(=O)c1c(C)c(=O)c2ccc(-c3nc(N[C@@H]4CCOC[C@H]4O)ncc3F)cc2n1C(C)C. The lowest BCUT2D eigenvalue weighted by Crippen LogP contribution is -2.42. The number of nitrogens with zero attached hydrogens (tertiary/aromatic N) is 3. The number of hydrogen-bond acceptors (Lipinski definition) is 7. The second-order valence-electron chi connectivity index (χ2n) is 8.65. The normalized spacial score (nSPS) is 18.3. The number of aliphatic hydroxyl groups is 1. The van der Waals surface area contributed by atoms with Crippen LogP contribution in [-0.4, -0.2) is 58.0 Å². The zero-order valence-electron chi connectivity index (χ0n) is 19.6. The molecule has 1 amide bonds. The van der Waals surface area contributed by atoms with Crippen LogP contribution in [0.3, 0.4) is 0 Å². The number of aromatic nitrogens is 3. The quantitative estimate of drug-likeness (QED) is 0.525. The number of anilines is 1. The van der Waals surface area contributed by atoms with Gasteiger partial charge in [-0.1, -0.05) is 6.07 Å². The molecule has 180 valence electrons. The molecule has 0 unspecified atom stereocenters. The Labute approximate surface area is 196 Å². The summed E-state index contributed by atoms with van der Waals surface area (Å²) in [7, 11) is 1.51. The fraction of sp³-hybridized carbons (Fsp3) is 0.417. The molecule has 3 heterocycles.